The molecule has 0 N–H and O–H groups in total. The molecule has 8 nitrogen and oxygen atoms in total. The Bertz CT molecular complexity index is 974. The zero-order chi connectivity index (χ0) is 19.8. The van der Waals surface area contributed by atoms with E-state index in [-0.39, 0.29) is 24.3 Å². The quantitative estimate of drug-likeness (QED) is 0.571. The van der Waals surface area contributed by atoms with Crippen LogP contribution in [-0.4, -0.2) is 59.1 Å². The van der Waals surface area contributed by atoms with Crippen molar-refractivity contribution < 1.29 is 28.7 Å². The van der Waals surface area contributed by atoms with E-state index in [1.807, 2.05) is 0 Å². The van der Waals surface area contributed by atoms with Crippen molar-refractivity contribution in [3.63, 3.8) is 0 Å². The van der Waals surface area contributed by atoms with Gasteiger partial charge in [-0.1, -0.05) is 24.3 Å². The van der Waals surface area contributed by atoms with Crippen LogP contribution in [0.4, 0.5) is 0 Å². The number of imide groups is 2. The van der Waals surface area contributed by atoms with Gasteiger partial charge in [-0.3, -0.25) is 33.8 Å². The fourth-order valence-electron chi connectivity index (χ4n) is 3.25. The molecule has 8 heteroatoms. The molecule has 0 aromatic heterocycles. The van der Waals surface area contributed by atoms with E-state index >= 15 is 0 Å². The minimum absolute atomic E-state index is 0.111. The molecule has 2 aromatic rings. The van der Waals surface area contributed by atoms with E-state index in [4.69, 9.17) is 4.74 Å². The predicted molar refractivity (Wildman–Crippen MR) is 94.6 cm³/mol. The molecule has 0 bridgehead atoms. The Hall–Kier alpha value is -3.81. The Morgan fingerprint density at radius 2 is 1.07 bits per heavy atom. The Kier molecular flexibility index (Phi) is 4.23. The third kappa shape index (κ3) is 2.75. The van der Waals surface area contributed by atoms with Crippen molar-refractivity contribution in [3.05, 3.63) is 70.8 Å². The second-order valence-corrected chi connectivity index (χ2v) is 6.27. The number of hydrogen-bond acceptors (Lipinski definition) is 6. The molecule has 4 amide bonds. The number of rotatable bonds is 5. The molecule has 0 fully saturated rings. The van der Waals surface area contributed by atoms with Crippen LogP contribution in [0.25, 0.3) is 0 Å². The second-order valence-electron chi connectivity index (χ2n) is 6.27. The summed E-state index contributed by atoms with van der Waals surface area (Å²) >= 11 is 0. The maximum absolute atomic E-state index is 12.2. The minimum Gasteiger partial charge on any atom is -0.462 e. The molecule has 4 rings (SSSR count). The molecule has 0 radical (unpaired) electrons. The average Bonchev–Trinajstić information content (AvgIpc) is 3.09. The molecule has 0 saturated carbocycles. The molecule has 0 unspecified atom stereocenters. The Balaban J connectivity index is 1.33. The first-order valence-corrected chi connectivity index (χ1v) is 8.55. The van der Waals surface area contributed by atoms with Crippen LogP contribution in [-0.2, 0) is 9.53 Å². The molecule has 140 valence electrons. The molecule has 28 heavy (non-hydrogen) atoms. The molecule has 2 aromatic carbocycles. The van der Waals surface area contributed by atoms with E-state index in [9.17, 15) is 24.0 Å². The molecule has 2 aliphatic rings. The zero-order valence-corrected chi connectivity index (χ0v) is 14.6. The van der Waals surface area contributed by atoms with E-state index in [0.717, 1.165) is 9.80 Å². The van der Waals surface area contributed by atoms with Gasteiger partial charge in [-0.2, -0.15) is 0 Å². The SMILES string of the molecule is O=C(CN1C(=O)c2ccccc2C1=O)OCCN1C(=O)c2ccccc2C1=O. The highest BCUT2D eigenvalue weighted by atomic mass is 16.5. The van der Waals surface area contributed by atoms with Crippen molar-refractivity contribution in [1.29, 1.82) is 0 Å². The van der Waals surface area contributed by atoms with Crippen LogP contribution in [0.1, 0.15) is 41.4 Å². The summed E-state index contributed by atoms with van der Waals surface area (Å²) in [5.41, 5.74) is 1.10. The molecule has 2 heterocycles. The fraction of sp³-hybridized carbons (Fsp3) is 0.150. The minimum atomic E-state index is -0.800. The van der Waals surface area contributed by atoms with Crippen LogP contribution in [0.2, 0.25) is 0 Å². The Morgan fingerprint density at radius 1 is 0.679 bits per heavy atom. The zero-order valence-electron chi connectivity index (χ0n) is 14.6. The van der Waals surface area contributed by atoms with Crippen LogP contribution in [0.15, 0.2) is 48.5 Å². The van der Waals surface area contributed by atoms with Crippen molar-refractivity contribution in [2.45, 2.75) is 0 Å². The van der Waals surface area contributed by atoms with Crippen LogP contribution in [0.5, 0.6) is 0 Å². The second kappa shape index (κ2) is 6.73. The molecule has 0 saturated heterocycles. The Morgan fingerprint density at radius 3 is 1.50 bits per heavy atom. The number of ether oxygens (including phenoxy) is 1. The number of amides is 4. The monoisotopic (exact) mass is 378 g/mol. The van der Waals surface area contributed by atoms with Crippen molar-refractivity contribution in [2.75, 3.05) is 19.7 Å². The highest BCUT2D eigenvalue weighted by molar-refractivity contribution is 6.22. The van der Waals surface area contributed by atoms with Gasteiger partial charge in [-0.05, 0) is 24.3 Å². The lowest BCUT2D eigenvalue weighted by molar-refractivity contribution is -0.144. The average molecular weight is 378 g/mol. The van der Waals surface area contributed by atoms with Gasteiger partial charge >= 0.3 is 5.97 Å². The topological polar surface area (TPSA) is 101 Å². The lowest BCUT2D eigenvalue weighted by Crippen LogP contribution is -2.37. The summed E-state index contributed by atoms with van der Waals surface area (Å²) in [6.07, 6.45) is 0. The number of benzene rings is 2. The molecular formula is C20H14N2O6. The number of nitrogens with zero attached hydrogens (tertiary/aromatic N) is 2. The van der Waals surface area contributed by atoms with Gasteiger partial charge in [0.05, 0.1) is 28.8 Å². The first-order valence-electron chi connectivity index (χ1n) is 8.55. The maximum Gasteiger partial charge on any atom is 0.326 e. The molecular weight excluding hydrogens is 364 g/mol. The van der Waals surface area contributed by atoms with E-state index in [2.05, 4.69) is 0 Å². The van der Waals surface area contributed by atoms with Gasteiger partial charge in [0.1, 0.15) is 13.2 Å². The van der Waals surface area contributed by atoms with E-state index < -0.39 is 36.1 Å². The van der Waals surface area contributed by atoms with Crippen molar-refractivity contribution in [3.8, 4) is 0 Å². The third-order valence-corrected chi connectivity index (χ3v) is 4.62. The normalized spacial score (nSPS) is 15.1. The summed E-state index contributed by atoms with van der Waals surface area (Å²) in [6, 6.07) is 12.7. The summed E-state index contributed by atoms with van der Waals surface area (Å²) in [7, 11) is 0. The standard InChI is InChI=1S/C20H14N2O6/c23-16(11-22-19(26)14-7-3-4-8-15(14)20(22)27)28-10-9-21-17(24)12-5-1-2-6-13(12)18(21)25/h1-8H,9-11H2. The number of hydrogen-bond donors (Lipinski definition) is 0. The van der Waals surface area contributed by atoms with E-state index in [1.165, 1.54) is 12.1 Å². The summed E-state index contributed by atoms with van der Waals surface area (Å²) in [5.74, 6) is -2.81. The van der Waals surface area contributed by atoms with Crippen LogP contribution in [0.3, 0.4) is 0 Å². The van der Waals surface area contributed by atoms with E-state index in [0.29, 0.717) is 11.1 Å². The van der Waals surface area contributed by atoms with Crippen molar-refractivity contribution in [2.24, 2.45) is 0 Å². The summed E-state index contributed by atoms with van der Waals surface area (Å²) in [6.45, 7) is -0.873. The highest BCUT2D eigenvalue weighted by Crippen LogP contribution is 2.23. The largest absolute Gasteiger partial charge is 0.462 e. The molecule has 0 spiro atoms. The van der Waals surface area contributed by atoms with Crippen molar-refractivity contribution >= 4 is 29.6 Å². The first kappa shape index (κ1) is 17.6. The van der Waals surface area contributed by atoms with Gasteiger partial charge in [-0.15, -0.1) is 0 Å². The van der Waals surface area contributed by atoms with Crippen molar-refractivity contribution in [1.82, 2.24) is 9.80 Å². The molecule has 0 atom stereocenters. The van der Waals surface area contributed by atoms with Gasteiger partial charge in [0.15, 0.2) is 0 Å². The fourth-order valence-corrected chi connectivity index (χ4v) is 3.25. The van der Waals surface area contributed by atoms with Crippen LogP contribution >= 0.6 is 0 Å². The molecule has 0 aliphatic carbocycles. The van der Waals surface area contributed by atoms with Gasteiger partial charge < -0.3 is 4.74 Å². The van der Waals surface area contributed by atoms with Crippen LogP contribution < -0.4 is 0 Å². The smallest absolute Gasteiger partial charge is 0.326 e. The van der Waals surface area contributed by atoms with Gasteiger partial charge in [-0.25, -0.2) is 0 Å². The first-order chi connectivity index (χ1) is 13.5. The highest BCUT2D eigenvalue weighted by Gasteiger charge is 2.37. The summed E-state index contributed by atoms with van der Waals surface area (Å²) in [5, 5.41) is 0. The predicted octanol–water partition coefficient (Wildman–Crippen LogP) is 1.12. The van der Waals surface area contributed by atoms with Gasteiger partial charge in [0.25, 0.3) is 23.6 Å². The number of fused-ring (bicyclic) bond motifs is 2. The lowest BCUT2D eigenvalue weighted by atomic mass is 10.1. The maximum atomic E-state index is 12.2. The number of carbonyl (C=O) groups excluding carboxylic acids is 5. The van der Waals surface area contributed by atoms with E-state index in [1.54, 1.807) is 36.4 Å². The third-order valence-electron chi connectivity index (χ3n) is 4.62. The number of esters is 1. The van der Waals surface area contributed by atoms with Crippen LogP contribution in [0, 0.1) is 0 Å². The lowest BCUT2D eigenvalue weighted by Gasteiger charge is -2.16. The van der Waals surface area contributed by atoms with Gasteiger partial charge in [0.2, 0.25) is 0 Å². The summed E-state index contributed by atoms with van der Waals surface area (Å²) in [4.78, 5) is 62.8. The number of carbonyl (C=O) groups is 5. The summed E-state index contributed by atoms with van der Waals surface area (Å²) < 4.78 is 5.03. The van der Waals surface area contributed by atoms with Gasteiger partial charge in [0, 0.05) is 0 Å². The Labute approximate surface area is 159 Å². The molecule has 2 aliphatic heterocycles.